The fraction of sp³-hybridized carbons (Fsp3) is 0.350. The molecule has 2 heterocycles. The fourth-order valence-electron chi connectivity index (χ4n) is 3.58. The van der Waals surface area contributed by atoms with Gasteiger partial charge in [-0.15, -0.1) is 0 Å². The summed E-state index contributed by atoms with van der Waals surface area (Å²) in [5.41, 5.74) is 1.76. The van der Waals surface area contributed by atoms with Gasteiger partial charge in [0.25, 0.3) is 0 Å². The van der Waals surface area contributed by atoms with E-state index >= 15 is 0 Å². The van der Waals surface area contributed by atoms with E-state index in [1.54, 1.807) is 49.5 Å². The molecular weight excluding hydrogens is 440 g/mol. The second kappa shape index (κ2) is 8.77. The Kier molecular flexibility index (Phi) is 6.08. The fourth-order valence-corrected chi connectivity index (χ4v) is 5.76. The highest BCUT2D eigenvalue weighted by molar-refractivity contribution is 7.89. The number of carbonyl (C=O) groups excluding carboxylic acids is 1. The number of carbonyl (C=O) groups is 1. The molecule has 1 amide bonds. The van der Waals surface area contributed by atoms with Crippen LogP contribution < -0.4 is 9.47 Å². The summed E-state index contributed by atoms with van der Waals surface area (Å²) in [5, 5.41) is 0. The number of hydrogen-bond donors (Lipinski definition) is 0. The van der Waals surface area contributed by atoms with Gasteiger partial charge in [-0.2, -0.15) is 13.1 Å². The summed E-state index contributed by atoms with van der Waals surface area (Å²) in [6.45, 7) is 1.12. The first-order valence-corrected chi connectivity index (χ1v) is 11.8. The van der Waals surface area contributed by atoms with Crippen molar-refractivity contribution in [1.82, 2.24) is 18.0 Å². The quantitative estimate of drug-likeness (QED) is 0.550. The van der Waals surface area contributed by atoms with E-state index in [1.807, 2.05) is 6.07 Å². The largest absolute Gasteiger partial charge is 0.493 e. The molecule has 0 saturated carbocycles. The van der Waals surface area contributed by atoms with Gasteiger partial charge in [-0.05, 0) is 29.8 Å². The molecule has 11 heteroatoms. The standard InChI is InChI=1S/C20H22N4O5S2/c1-28-16-7-6-14(12-17(16)29-2)13-19(25)23-8-10-24(11-9-23)31(26,27)18-5-3-4-15-20(18)22-30-21-15/h3-7,12H,8-11,13H2,1-2H3. The normalized spacial score (nSPS) is 15.2. The summed E-state index contributed by atoms with van der Waals surface area (Å²) in [7, 11) is -0.610. The lowest BCUT2D eigenvalue weighted by atomic mass is 10.1. The van der Waals surface area contributed by atoms with Crippen molar-refractivity contribution in [2.24, 2.45) is 0 Å². The predicted octanol–water partition coefficient (Wildman–Crippen LogP) is 1.78. The van der Waals surface area contributed by atoms with Crippen LogP contribution in [0, 0.1) is 0 Å². The van der Waals surface area contributed by atoms with E-state index in [2.05, 4.69) is 8.75 Å². The third-order valence-corrected chi connectivity index (χ3v) is 7.73. The van der Waals surface area contributed by atoms with E-state index in [1.165, 1.54) is 4.31 Å². The van der Waals surface area contributed by atoms with Gasteiger partial charge in [-0.1, -0.05) is 12.1 Å². The maximum Gasteiger partial charge on any atom is 0.245 e. The van der Waals surface area contributed by atoms with E-state index in [0.29, 0.717) is 35.6 Å². The Morgan fingerprint density at radius 3 is 2.48 bits per heavy atom. The number of ether oxygens (including phenoxy) is 2. The molecule has 4 rings (SSSR count). The molecule has 1 aromatic heterocycles. The lowest BCUT2D eigenvalue weighted by Crippen LogP contribution is -2.50. The molecule has 0 bridgehead atoms. The van der Waals surface area contributed by atoms with Gasteiger partial charge in [0, 0.05) is 26.2 Å². The first-order valence-electron chi connectivity index (χ1n) is 9.64. The summed E-state index contributed by atoms with van der Waals surface area (Å²) in [6, 6.07) is 10.3. The Morgan fingerprint density at radius 2 is 1.77 bits per heavy atom. The third kappa shape index (κ3) is 4.21. The van der Waals surface area contributed by atoms with Gasteiger partial charge < -0.3 is 14.4 Å². The third-order valence-electron chi connectivity index (χ3n) is 5.26. The topological polar surface area (TPSA) is 102 Å². The van der Waals surface area contributed by atoms with Gasteiger partial charge in [-0.25, -0.2) is 8.42 Å². The van der Waals surface area contributed by atoms with Crippen molar-refractivity contribution in [1.29, 1.82) is 0 Å². The SMILES string of the molecule is COc1ccc(CC(=O)N2CCN(S(=O)(=O)c3cccc4nsnc34)CC2)cc1OC. The molecule has 164 valence electrons. The molecule has 1 fully saturated rings. The van der Waals surface area contributed by atoms with Crippen molar-refractivity contribution in [3.05, 3.63) is 42.0 Å². The van der Waals surface area contributed by atoms with E-state index in [-0.39, 0.29) is 30.3 Å². The van der Waals surface area contributed by atoms with E-state index in [9.17, 15) is 13.2 Å². The minimum absolute atomic E-state index is 0.0601. The zero-order valence-corrected chi connectivity index (χ0v) is 18.8. The molecule has 0 radical (unpaired) electrons. The van der Waals surface area contributed by atoms with Crippen LogP contribution in [0.1, 0.15) is 5.56 Å². The number of nitrogens with zero attached hydrogens (tertiary/aromatic N) is 4. The number of amides is 1. The van der Waals surface area contributed by atoms with Crippen LogP contribution in [-0.2, 0) is 21.2 Å². The van der Waals surface area contributed by atoms with E-state index in [4.69, 9.17) is 9.47 Å². The number of benzene rings is 2. The summed E-state index contributed by atoms with van der Waals surface area (Å²) < 4.78 is 46.4. The average molecular weight is 463 g/mol. The summed E-state index contributed by atoms with van der Waals surface area (Å²) in [4.78, 5) is 14.6. The zero-order chi connectivity index (χ0) is 22.0. The number of piperazine rings is 1. The Bertz CT molecular complexity index is 1200. The van der Waals surface area contributed by atoms with Crippen LogP contribution in [0.15, 0.2) is 41.3 Å². The van der Waals surface area contributed by atoms with Crippen molar-refractivity contribution in [3.63, 3.8) is 0 Å². The van der Waals surface area contributed by atoms with Gasteiger partial charge in [-0.3, -0.25) is 4.79 Å². The minimum Gasteiger partial charge on any atom is -0.493 e. The lowest BCUT2D eigenvalue weighted by Gasteiger charge is -2.34. The van der Waals surface area contributed by atoms with Crippen LogP contribution in [0.5, 0.6) is 11.5 Å². The highest BCUT2D eigenvalue weighted by Gasteiger charge is 2.32. The Labute approximate surface area is 184 Å². The van der Waals surface area contributed by atoms with Crippen LogP contribution in [-0.4, -0.2) is 72.7 Å². The van der Waals surface area contributed by atoms with Crippen molar-refractivity contribution < 1.29 is 22.7 Å². The number of sulfonamides is 1. The van der Waals surface area contributed by atoms with Gasteiger partial charge in [0.15, 0.2) is 11.5 Å². The molecule has 3 aromatic rings. The van der Waals surface area contributed by atoms with Crippen LogP contribution in [0.4, 0.5) is 0 Å². The number of hydrogen-bond acceptors (Lipinski definition) is 8. The van der Waals surface area contributed by atoms with Gasteiger partial charge in [0.05, 0.1) is 32.4 Å². The summed E-state index contributed by atoms with van der Waals surface area (Å²) in [5.74, 6) is 1.10. The van der Waals surface area contributed by atoms with Crippen molar-refractivity contribution >= 4 is 38.7 Å². The Hall–Kier alpha value is -2.76. The molecule has 0 aliphatic carbocycles. The molecule has 2 aromatic carbocycles. The molecule has 0 N–H and O–H groups in total. The molecule has 0 atom stereocenters. The highest BCUT2D eigenvalue weighted by atomic mass is 32.2. The molecule has 0 spiro atoms. The smallest absolute Gasteiger partial charge is 0.245 e. The molecule has 1 saturated heterocycles. The van der Waals surface area contributed by atoms with Crippen LogP contribution in [0.3, 0.4) is 0 Å². The molecule has 31 heavy (non-hydrogen) atoms. The number of rotatable bonds is 6. The van der Waals surface area contributed by atoms with Crippen LogP contribution in [0.25, 0.3) is 11.0 Å². The maximum absolute atomic E-state index is 13.1. The highest BCUT2D eigenvalue weighted by Crippen LogP contribution is 2.28. The van der Waals surface area contributed by atoms with Crippen molar-refractivity contribution in [3.8, 4) is 11.5 Å². The average Bonchev–Trinajstić information content (AvgIpc) is 3.28. The Balaban J connectivity index is 1.42. The Morgan fingerprint density at radius 1 is 1.03 bits per heavy atom. The maximum atomic E-state index is 13.1. The molecule has 9 nitrogen and oxygen atoms in total. The predicted molar refractivity (Wildman–Crippen MR) is 116 cm³/mol. The summed E-state index contributed by atoms with van der Waals surface area (Å²) in [6.07, 6.45) is 0.205. The van der Waals surface area contributed by atoms with Crippen molar-refractivity contribution in [2.75, 3.05) is 40.4 Å². The zero-order valence-electron chi connectivity index (χ0n) is 17.1. The first kappa shape index (κ1) is 21.5. The van der Waals surface area contributed by atoms with Crippen LogP contribution >= 0.6 is 11.7 Å². The molecular formula is C20H22N4O5S2. The monoisotopic (exact) mass is 462 g/mol. The molecule has 1 aliphatic heterocycles. The second-order valence-electron chi connectivity index (χ2n) is 7.04. The minimum atomic E-state index is -3.71. The lowest BCUT2D eigenvalue weighted by molar-refractivity contribution is -0.131. The van der Waals surface area contributed by atoms with Gasteiger partial charge in [0.2, 0.25) is 15.9 Å². The number of methoxy groups -OCH3 is 2. The second-order valence-corrected chi connectivity index (χ2v) is 9.47. The molecule has 0 unspecified atom stereocenters. The van der Waals surface area contributed by atoms with E-state index < -0.39 is 10.0 Å². The van der Waals surface area contributed by atoms with E-state index in [0.717, 1.165) is 17.3 Å². The summed E-state index contributed by atoms with van der Waals surface area (Å²) >= 11 is 0.987. The number of fused-ring (bicyclic) bond motifs is 1. The van der Waals surface area contributed by atoms with Crippen LogP contribution in [0.2, 0.25) is 0 Å². The van der Waals surface area contributed by atoms with Crippen molar-refractivity contribution in [2.45, 2.75) is 11.3 Å². The van der Waals surface area contributed by atoms with Gasteiger partial charge in [0.1, 0.15) is 15.9 Å². The number of aromatic nitrogens is 2. The molecule has 1 aliphatic rings. The first-order chi connectivity index (χ1) is 14.9. The van der Waals surface area contributed by atoms with Gasteiger partial charge >= 0.3 is 0 Å².